The standard InChI is InChI=1S/C20H20FNO6/c1-26-17-5-4-14(21)11-15(17)16(23)12-28-20(25)13-6-8-22(9-7-13)19(24)18-3-2-10-27-18/h2-5,10-11,13H,6-9,12H2,1H3. The van der Waals surface area contributed by atoms with Crippen LogP contribution in [0.3, 0.4) is 0 Å². The van der Waals surface area contributed by atoms with Gasteiger partial charge in [-0.3, -0.25) is 14.4 Å². The van der Waals surface area contributed by atoms with E-state index in [9.17, 15) is 18.8 Å². The number of Topliss-reactive ketones (excluding diaryl/α,β-unsaturated/α-hetero) is 1. The van der Waals surface area contributed by atoms with Crippen molar-refractivity contribution in [2.75, 3.05) is 26.8 Å². The van der Waals surface area contributed by atoms with Gasteiger partial charge < -0.3 is 18.8 Å². The van der Waals surface area contributed by atoms with Crippen LogP contribution in [-0.2, 0) is 9.53 Å². The molecule has 1 aromatic heterocycles. The lowest BCUT2D eigenvalue weighted by atomic mass is 9.97. The molecule has 1 aliphatic rings. The minimum atomic E-state index is -0.580. The Morgan fingerprint density at radius 3 is 2.61 bits per heavy atom. The molecular weight excluding hydrogens is 369 g/mol. The second-order valence-electron chi connectivity index (χ2n) is 6.42. The Kier molecular flexibility index (Phi) is 6.08. The van der Waals surface area contributed by atoms with E-state index in [-0.39, 0.29) is 23.0 Å². The first-order valence-electron chi connectivity index (χ1n) is 8.85. The molecule has 1 aromatic carbocycles. The van der Waals surface area contributed by atoms with E-state index in [0.717, 1.165) is 6.07 Å². The lowest BCUT2D eigenvalue weighted by Crippen LogP contribution is -2.40. The number of hydrogen-bond acceptors (Lipinski definition) is 6. The lowest BCUT2D eigenvalue weighted by molar-refractivity contribution is -0.148. The zero-order valence-corrected chi connectivity index (χ0v) is 15.4. The molecule has 0 radical (unpaired) electrons. The van der Waals surface area contributed by atoms with Gasteiger partial charge >= 0.3 is 5.97 Å². The van der Waals surface area contributed by atoms with Crippen LogP contribution in [0.5, 0.6) is 5.75 Å². The molecule has 7 nitrogen and oxygen atoms in total. The van der Waals surface area contributed by atoms with E-state index in [0.29, 0.717) is 25.9 Å². The lowest BCUT2D eigenvalue weighted by Gasteiger charge is -2.30. The Balaban J connectivity index is 1.50. The number of ketones is 1. The van der Waals surface area contributed by atoms with Gasteiger partial charge in [-0.15, -0.1) is 0 Å². The average molecular weight is 389 g/mol. The molecule has 0 aliphatic carbocycles. The molecule has 148 valence electrons. The number of halogens is 1. The average Bonchev–Trinajstić information content (AvgIpc) is 3.26. The number of methoxy groups -OCH3 is 1. The van der Waals surface area contributed by atoms with Crippen LogP contribution < -0.4 is 4.74 Å². The zero-order valence-electron chi connectivity index (χ0n) is 15.4. The molecule has 2 aromatic rings. The molecule has 0 N–H and O–H groups in total. The number of carbonyl (C=O) groups is 3. The third-order valence-electron chi connectivity index (χ3n) is 4.65. The molecule has 1 fully saturated rings. The fraction of sp³-hybridized carbons (Fsp3) is 0.350. The molecule has 0 spiro atoms. The van der Waals surface area contributed by atoms with Crippen molar-refractivity contribution in [2.24, 2.45) is 5.92 Å². The quantitative estimate of drug-likeness (QED) is 0.558. The van der Waals surface area contributed by atoms with Gasteiger partial charge in [0.1, 0.15) is 11.6 Å². The normalized spacial score (nSPS) is 14.6. The number of hydrogen-bond donors (Lipinski definition) is 0. The fourth-order valence-corrected chi connectivity index (χ4v) is 3.10. The largest absolute Gasteiger partial charge is 0.496 e. The Labute approximate surface area is 161 Å². The zero-order chi connectivity index (χ0) is 20.1. The molecule has 2 heterocycles. The molecule has 3 rings (SSSR count). The smallest absolute Gasteiger partial charge is 0.309 e. The number of likely N-dealkylation sites (tertiary alicyclic amines) is 1. The van der Waals surface area contributed by atoms with Crippen LogP contribution in [0.15, 0.2) is 41.0 Å². The number of carbonyl (C=O) groups excluding carboxylic acids is 3. The summed E-state index contributed by atoms with van der Waals surface area (Å²) < 4.78 is 28.6. The monoisotopic (exact) mass is 389 g/mol. The number of esters is 1. The number of amides is 1. The maximum atomic E-state index is 13.4. The van der Waals surface area contributed by atoms with Gasteiger partial charge in [0.05, 0.1) is 24.9 Å². The number of ether oxygens (including phenoxy) is 2. The number of benzene rings is 1. The molecule has 0 saturated carbocycles. The van der Waals surface area contributed by atoms with Crippen molar-refractivity contribution in [2.45, 2.75) is 12.8 Å². The summed E-state index contributed by atoms with van der Waals surface area (Å²) in [7, 11) is 1.37. The molecule has 1 aliphatic heterocycles. The van der Waals surface area contributed by atoms with Gasteiger partial charge in [0.15, 0.2) is 12.4 Å². The van der Waals surface area contributed by atoms with Gasteiger partial charge in [0.2, 0.25) is 5.78 Å². The van der Waals surface area contributed by atoms with E-state index in [4.69, 9.17) is 13.9 Å². The first kappa shape index (κ1) is 19.6. The van der Waals surface area contributed by atoms with Crippen LogP contribution in [0.2, 0.25) is 0 Å². The number of nitrogens with zero attached hydrogens (tertiary/aromatic N) is 1. The first-order valence-corrected chi connectivity index (χ1v) is 8.85. The highest BCUT2D eigenvalue weighted by molar-refractivity contribution is 6.00. The van der Waals surface area contributed by atoms with E-state index in [1.807, 2.05) is 0 Å². The van der Waals surface area contributed by atoms with Gasteiger partial charge in [-0.25, -0.2) is 4.39 Å². The second kappa shape index (κ2) is 8.69. The van der Waals surface area contributed by atoms with Crippen molar-refractivity contribution in [3.05, 3.63) is 53.7 Å². The summed E-state index contributed by atoms with van der Waals surface area (Å²) in [5, 5.41) is 0. The van der Waals surface area contributed by atoms with Crippen molar-refractivity contribution in [3.63, 3.8) is 0 Å². The van der Waals surface area contributed by atoms with Gasteiger partial charge in [0.25, 0.3) is 5.91 Å². The third kappa shape index (κ3) is 4.39. The molecule has 1 amide bonds. The number of rotatable bonds is 6. The maximum absolute atomic E-state index is 13.4. The van der Waals surface area contributed by atoms with E-state index in [2.05, 4.69) is 0 Å². The highest BCUT2D eigenvalue weighted by Gasteiger charge is 2.30. The Hall–Kier alpha value is -3.16. The highest BCUT2D eigenvalue weighted by atomic mass is 19.1. The molecule has 1 saturated heterocycles. The summed E-state index contributed by atoms with van der Waals surface area (Å²) in [5.74, 6) is -1.77. The van der Waals surface area contributed by atoms with Crippen LogP contribution in [-0.4, -0.2) is 49.4 Å². The fourth-order valence-electron chi connectivity index (χ4n) is 3.10. The third-order valence-corrected chi connectivity index (χ3v) is 4.65. The Morgan fingerprint density at radius 2 is 1.96 bits per heavy atom. The van der Waals surface area contributed by atoms with E-state index in [1.54, 1.807) is 17.0 Å². The molecule has 0 atom stereocenters. The second-order valence-corrected chi connectivity index (χ2v) is 6.42. The predicted octanol–water partition coefficient (Wildman–Crippen LogP) is 2.71. The van der Waals surface area contributed by atoms with Gasteiger partial charge in [-0.2, -0.15) is 0 Å². The van der Waals surface area contributed by atoms with Gasteiger partial charge in [0, 0.05) is 13.1 Å². The van der Waals surface area contributed by atoms with Crippen LogP contribution >= 0.6 is 0 Å². The number of furan rings is 1. The minimum Gasteiger partial charge on any atom is -0.496 e. The van der Waals surface area contributed by atoms with Crippen molar-refractivity contribution in [3.8, 4) is 5.75 Å². The summed E-state index contributed by atoms with van der Waals surface area (Å²) in [5.41, 5.74) is 0.0224. The Morgan fingerprint density at radius 1 is 1.21 bits per heavy atom. The van der Waals surface area contributed by atoms with Crippen LogP contribution in [0.25, 0.3) is 0 Å². The van der Waals surface area contributed by atoms with E-state index >= 15 is 0 Å². The van der Waals surface area contributed by atoms with E-state index in [1.165, 1.54) is 25.5 Å². The SMILES string of the molecule is COc1ccc(F)cc1C(=O)COC(=O)C1CCN(C(=O)c2ccco2)CC1. The van der Waals surface area contributed by atoms with Crippen molar-refractivity contribution >= 4 is 17.7 Å². The Bertz CT molecular complexity index is 856. The van der Waals surface area contributed by atoms with Crippen LogP contribution in [0.4, 0.5) is 4.39 Å². The maximum Gasteiger partial charge on any atom is 0.309 e. The first-order chi connectivity index (χ1) is 13.5. The summed E-state index contributed by atoms with van der Waals surface area (Å²) in [4.78, 5) is 38.4. The summed E-state index contributed by atoms with van der Waals surface area (Å²) in [6, 6.07) is 6.81. The number of piperidine rings is 1. The molecule has 8 heteroatoms. The minimum absolute atomic E-state index is 0.0224. The summed E-state index contributed by atoms with van der Waals surface area (Å²) >= 11 is 0. The van der Waals surface area contributed by atoms with Crippen molar-refractivity contribution < 1.29 is 32.7 Å². The van der Waals surface area contributed by atoms with Crippen LogP contribution in [0, 0.1) is 11.7 Å². The summed E-state index contributed by atoms with van der Waals surface area (Å²) in [6.07, 6.45) is 2.30. The molecule has 28 heavy (non-hydrogen) atoms. The van der Waals surface area contributed by atoms with Crippen LogP contribution in [0.1, 0.15) is 33.8 Å². The van der Waals surface area contributed by atoms with E-state index < -0.39 is 30.1 Å². The van der Waals surface area contributed by atoms with Gasteiger partial charge in [-0.05, 0) is 43.2 Å². The van der Waals surface area contributed by atoms with Crippen molar-refractivity contribution in [1.29, 1.82) is 0 Å². The molecule has 0 unspecified atom stereocenters. The molecule has 0 bridgehead atoms. The van der Waals surface area contributed by atoms with Crippen molar-refractivity contribution in [1.82, 2.24) is 4.90 Å². The summed E-state index contributed by atoms with van der Waals surface area (Å²) in [6.45, 7) is 0.292. The predicted molar refractivity (Wildman–Crippen MR) is 95.6 cm³/mol. The van der Waals surface area contributed by atoms with Gasteiger partial charge in [-0.1, -0.05) is 0 Å². The molecular formula is C20H20FNO6. The highest BCUT2D eigenvalue weighted by Crippen LogP contribution is 2.22. The topological polar surface area (TPSA) is 86.0 Å².